The molecule has 0 saturated carbocycles. The first-order valence-corrected chi connectivity index (χ1v) is 15.4. The van der Waals surface area contributed by atoms with Crippen molar-refractivity contribution in [2.75, 3.05) is 0 Å². The van der Waals surface area contributed by atoms with Crippen molar-refractivity contribution in [3.63, 3.8) is 0 Å². The van der Waals surface area contributed by atoms with Crippen LogP contribution >= 0.6 is 0 Å². The zero-order valence-electron chi connectivity index (χ0n) is 24.3. The van der Waals surface area contributed by atoms with Crippen LogP contribution in [0.1, 0.15) is 0 Å². The molecular weight excluding hydrogens is 548 g/mol. The summed E-state index contributed by atoms with van der Waals surface area (Å²) >= 11 is 0. The lowest BCUT2D eigenvalue weighted by atomic mass is 10.00. The van der Waals surface area contributed by atoms with Gasteiger partial charge in [-0.25, -0.2) is 0 Å². The van der Waals surface area contributed by atoms with Crippen molar-refractivity contribution in [2.24, 2.45) is 0 Å². The van der Waals surface area contributed by atoms with Crippen LogP contribution in [0.4, 0.5) is 0 Å². The van der Waals surface area contributed by atoms with Crippen LogP contribution in [0.2, 0.25) is 0 Å². The minimum Gasteiger partial charge on any atom is -0.456 e. The number of fused-ring (bicyclic) bond motifs is 10. The summed E-state index contributed by atoms with van der Waals surface area (Å²) < 4.78 is 11.3. The predicted octanol–water partition coefficient (Wildman–Crippen LogP) is 11.4. The van der Waals surface area contributed by atoms with E-state index in [1.807, 2.05) is 0 Å². The number of nitrogens with zero attached hydrogens (tertiary/aromatic N) is 2. The molecule has 0 spiro atoms. The summed E-state index contributed by atoms with van der Waals surface area (Å²) in [6.07, 6.45) is 0. The largest absolute Gasteiger partial charge is 0.456 e. The van der Waals surface area contributed by atoms with E-state index in [1.165, 1.54) is 60.4 Å². The van der Waals surface area contributed by atoms with Crippen LogP contribution in [0.15, 0.2) is 162 Å². The van der Waals surface area contributed by atoms with Crippen molar-refractivity contribution in [3.8, 4) is 22.5 Å². The maximum absolute atomic E-state index is 6.50. The Morgan fingerprint density at radius 2 is 0.889 bits per heavy atom. The fourth-order valence-corrected chi connectivity index (χ4v) is 7.35. The second-order valence-corrected chi connectivity index (χ2v) is 11.8. The van der Waals surface area contributed by atoms with Crippen LogP contribution in [0.3, 0.4) is 0 Å². The monoisotopic (exact) mass is 574 g/mol. The molecule has 0 amide bonds. The van der Waals surface area contributed by atoms with E-state index in [4.69, 9.17) is 4.42 Å². The highest BCUT2D eigenvalue weighted by Crippen LogP contribution is 2.42. The number of aromatic nitrogens is 2. The summed E-state index contributed by atoms with van der Waals surface area (Å²) in [5, 5.41) is 7.23. The molecule has 0 N–H and O–H groups in total. The number of rotatable bonds is 3. The maximum atomic E-state index is 6.50. The molecule has 0 fully saturated rings. The van der Waals surface area contributed by atoms with E-state index in [-0.39, 0.29) is 0 Å². The molecule has 3 nitrogen and oxygen atoms in total. The van der Waals surface area contributed by atoms with E-state index in [0.29, 0.717) is 0 Å². The number of hydrogen-bond acceptors (Lipinski definition) is 1. The highest BCUT2D eigenvalue weighted by molar-refractivity contribution is 6.25. The van der Waals surface area contributed by atoms with E-state index < -0.39 is 0 Å². The van der Waals surface area contributed by atoms with E-state index in [1.54, 1.807) is 0 Å². The van der Waals surface area contributed by atoms with Crippen LogP contribution in [-0.2, 0) is 0 Å². The first-order chi connectivity index (χ1) is 22.3. The average molecular weight is 575 g/mol. The smallest absolute Gasteiger partial charge is 0.137 e. The Balaban J connectivity index is 1.25. The molecule has 0 atom stereocenters. The molecule has 0 aliphatic carbocycles. The van der Waals surface area contributed by atoms with E-state index >= 15 is 0 Å². The Labute approximate surface area is 258 Å². The fourth-order valence-electron chi connectivity index (χ4n) is 7.35. The lowest BCUT2D eigenvalue weighted by Crippen LogP contribution is -1.93. The summed E-state index contributed by atoms with van der Waals surface area (Å²) in [7, 11) is 0. The number of hydrogen-bond donors (Lipinski definition) is 0. The fraction of sp³-hybridized carbons (Fsp3) is 0. The molecule has 0 radical (unpaired) electrons. The average Bonchev–Trinajstić information content (AvgIpc) is 3.76. The van der Waals surface area contributed by atoms with Crippen molar-refractivity contribution in [1.29, 1.82) is 0 Å². The van der Waals surface area contributed by atoms with Crippen LogP contribution in [0.25, 0.3) is 88.1 Å². The van der Waals surface area contributed by atoms with Crippen LogP contribution < -0.4 is 0 Å². The SMILES string of the molecule is c1ccc(-n2c3ccccc3c3cc(-c4ccc5oc6ccc7c8ccccc8n(-c8ccccc8)c7c6c5c4)ccc32)cc1. The Hall–Kier alpha value is -6.06. The minimum atomic E-state index is 0.896. The van der Waals surface area contributed by atoms with Crippen molar-refractivity contribution >= 4 is 65.6 Å². The van der Waals surface area contributed by atoms with Crippen molar-refractivity contribution in [2.45, 2.75) is 0 Å². The number of furan rings is 1. The number of para-hydroxylation sites is 4. The molecule has 3 aromatic heterocycles. The predicted molar refractivity (Wildman–Crippen MR) is 188 cm³/mol. The molecule has 0 bridgehead atoms. The molecule has 210 valence electrons. The quantitative estimate of drug-likeness (QED) is 0.206. The third kappa shape index (κ3) is 3.46. The Morgan fingerprint density at radius 1 is 0.356 bits per heavy atom. The van der Waals surface area contributed by atoms with Gasteiger partial charge in [0.05, 0.1) is 27.5 Å². The van der Waals surface area contributed by atoms with Gasteiger partial charge in [0.1, 0.15) is 11.2 Å². The van der Waals surface area contributed by atoms with Gasteiger partial charge < -0.3 is 13.6 Å². The molecule has 3 heteroatoms. The third-order valence-corrected chi connectivity index (χ3v) is 9.30. The summed E-state index contributed by atoms with van der Waals surface area (Å²) in [6.45, 7) is 0. The summed E-state index contributed by atoms with van der Waals surface area (Å²) in [4.78, 5) is 0. The van der Waals surface area contributed by atoms with Gasteiger partial charge >= 0.3 is 0 Å². The zero-order chi connectivity index (χ0) is 29.5. The summed E-state index contributed by atoms with van der Waals surface area (Å²) in [5.74, 6) is 0. The topological polar surface area (TPSA) is 23.0 Å². The summed E-state index contributed by atoms with van der Waals surface area (Å²) in [6, 6.07) is 56.4. The first-order valence-electron chi connectivity index (χ1n) is 15.4. The van der Waals surface area contributed by atoms with Crippen molar-refractivity contribution < 1.29 is 4.42 Å². The molecule has 10 aromatic rings. The zero-order valence-corrected chi connectivity index (χ0v) is 24.3. The molecule has 3 heterocycles. The molecule has 45 heavy (non-hydrogen) atoms. The van der Waals surface area contributed by atoms with Gasteiger partial charge in [-0.2, -0.15) is 0 Å². The van der Waals surface area contributed by atoms with Gasteiger partial charge in [-0.3, -0.25) is 0 Å². The second kappa shape index (κ2) is 9.22. The van der Waals surface area contributed by atoms with Gasteiger partial charge in [-0.05, 0) is 83.9 Å². The first kappa shape index (κ1) is 24.4. The normalized spacial score (nSPS) is 12.0. The van der Waals surface area contributed by atoms with Crippen molar-refractivity contribution in [3.05, 3.63) is 158 Å². The van der Waals surface area contributed by atoms with Gasteiger partial charge in [-0.15, -0.1) is 0 Å². The second-order valence-electron chi connectivity index (χ2n) is 11.8. The molecule has 0 aliphatic rings. The van der Waals surface area contributed by atoms with Gasteiger partial charge in [0.15, 0.2) is 0 Å². The Bertz CT molecular complexity index is 2740. The third-order valence-electron chi connectivity index (χ3n) is 9.30. The van der Waals surface area contributed by atoms with Crippen molar-refractivity contribution in [1.82, 2.24) is 9.13 Å². The molecule has 0 aliphatic heterocycles. The highest BCUT2D eigenvalue weighted by Gasteiger charge is 2.20. The van der Waals surface area contributed by atoms with Gasteiger partial charge in [0, 0.05) is 38.3 Å². The number of benzene rings is 7. The summed E-state index contributed by atoms with van der Waals surface area (Å²) in [5.41, 5.74) is 11.2. The lowest BCUT2D eigenvalue weighted by Gasteiger charge is -2.09. The Morgan fingerprint density at radius 3 is 1.62 bits per heavy atom. The van der Waals surface area contributed by atoms with Gasteiger partial charge in [0.2, 0.25) is 0 Å². The molecule has 10 rings (SSSR count). The van der Waals surface area contributed by atoms with Gasteiger partial charge in [0.25, 0.3) is 0 Å². The van der Waals surface area contributed by atoms with E-state index in [2.05, 4.69) is 167 Å². The van der Waals surface area contributed by atoms with E-state index in [9.17, 15) is 0 Å². The van der Waals surface area contributed by atoms with Crippen LogP contribution in [-0.4, -0.2) is 9.13 Å². The molecule has 0 saturated heterocycles. The maximum Gasteiger partial charge on any atom is 0.137 e. The molecular formula is C42H26N2O. The molecule has 0 unspecified atom stereocenters. The van der Waals surface area contributed by atoms with E-state index in [0.717, 1.165) is 27.6 Å². The molecule has 7 aromatic carbocycles. The van der Waals surface area contributed by atoms with Crippen LogP contribution in [0, 0.1) is 0 Å². The lowest BCUT2D eigenvalue weighted by molar-refractivity contribution is 0.669. The standard InChI is InChI=1S/C42H26N2O/c1-3-11-29(12-4-1)43-36-17-9-8-16-32(36)34-25-27(19-22-38(34)43)28-20-23-39-35(26-28)41-40(45-39)24-21-33-31-15-7-10-18-37(31)44(42(33)41)30-13-5-2-6-14-30/h1-26H. The Kier molecular flexibility index (Phi) is 5.00. The van der Waals surface area contributed by atoms with Crippen LogP contribution in [0.5, 0.6) is 0 Å². The minimum absolute atomic E-state index is 0.896. The highest BCUT2D eigenvalue weighted by atomic mass is 16.3. The van der Waals surface area contributed by atoms with Gasteiger partial charge in [-0.1, -0.05) is 84.9 Å².